The molecular formula is C27H23ClFNO4. The van der Waals surface area contributed by atoms with E-state index >= 15 is 0 Å². The zero-order valence-electron chi connectivity index (χ0n) is 18.3. The van der Waals surface area contributed by atoms with E-state index in [0.29, 0.717) is 35.7 Å². The zero-order valence-corrected chi connectivity index (χ0v) is 19.0. The Morgan fingerprint density at radius 3 is 2.68 bits per heavy atom. The second-order valence-electron chi connectivity index (χ2n) is 8.75. The number of amides is 1. The van der Waals surface area contributed by atoms with E-state index in [2.05, 4.69) is 0 Å². The SMILES string of the molecule is O=C(O)COc1ccc(Cl)cc1C1c2ccccc2CCN1C(=O)[C@@H]1C[C@H]1c1cccc(F)c1. The molecule has 1 heterocycles. The lowest BCUT2D eigenvalue weighted by Gasteiger charge is -2.38. The van der Waals surface area contributed by atoms with Crippen LogP contribution in [0.15, 0.2) is 66.7 Å². The lowest BCUT2D eigenvalue weighted by atomic mass is 9.87. The number of fused-ring (bicyclic) bond motifs is 1. The number of carbonyl (C=O) groups is 2. The van der Waals surface area contributed by atoms with Crippen LogP contribution < -0.4 is 4.74 Å². The van der Waals surface area contributed by atoms with E-state index in [4.69, 9.17) is 21.4 Å². The lowest BCUT2D eigenvalue weighted by molar-refractivity contribution is -0.139. The monoisotopic (exact) mass is 479 g/mol. The van der Waals surface area contributed by atoms with E-state index in [1.807, 2.05) is 35.2 Å². The highest BCUT2D eigenvalue weighted by atomic mass is 35.5. The van der Waals surface area contributed by atoms with Crippen molar-refractivity contribution in [2.45, 2.75) is 24.8 Å². The van der Waals surface area contributed by atoms with E-state index < -0.39 is 18.6 Å². The van der Waals surface area contributed by atoms with Crippen molar-refractivity contribution in [2.24, 2.45) is 5.92 Å². The number of ether oxygens (including phenoxy) is 1. The Bertz CT molecular complexity index is 1260. The van der Waals surface area contributed by atoms with E-state index in [9.17, 15) is 14.0 Å². The molecule has 0 saturated heterocycles. The molecule has 1 aliphatic heterocycles. The van der Waals surface area contributed by atoms with Crippen molar-refractivity contribution in [3.8, 4) is 5.75 Å². The summed E-state index contributed by atoms with van der Waals surface area (Å²) < 4.78 is 19.3. The van der Waals surface area contributed by atoms with Crippen LogP contribution in [0.2, 0.25) is 5.02 Å². The summed E-state index contributed by atoms with van der Waals surface area (Å²) in [5, 5.41) is 9.59. The molecule has 1 N–H and O–H groups in total. The lowest BCUT2D eigenvalue weighted by Crippen LogP contribution is -2.41. The Hall–Kier alpha value is -3.38. The number of nitrogens with zero attached hydrogens (tertiary/aromatic N) is 1. The molecule has 1 unspecified atom stereocenters. The van der Waals surface area contributed by atoms with Crippen LogP contribution in [0.3, 0.4) is 0 Å². The number of halogens is 2. The number of rotatable bonds is 6. The molecule has 0 spiro atoms. The summed E-state index contributed by atoms with van der Waals surface area (Å²) in [6.45, 7) is 0.0129. The second-order valence-corrected chi connectivity index (χ2v) is 9.19. The summed E-state index contributed by atoms with van der Waals surface area (Å²) >= 11 is 6.34. The van der Waals surface area contributed by atoms with Crippen LogP contribution in [0.5, 0.6) is 5.75 Å². The van der Waals surface area contributed by atoms with Crippen molar-refractivity contribution >= 4 is 23.5 Å². The second kappa shape index (κ2) is 9.11. The maximum Gasteiger partial charge on any atom is 0.341 e. The zero-order chi connectivity index (χ0) is 23.8. The molecule has 1 fully saturated rings. The van der Waals surface area contributed by atoms with Crippen molar-refractivity contribution in [2.75, 3.05) is 13.2 Å². The van der Waals surface area contributed by atoms with Gasteiger partial charge in [0.1, 0.15) is 11.6 Å². The third-order valence-corrected chi connectivity index (χ3v) is 6.80. The number of carbonyl (C=O) groups excluding carboxylic acids is 1. The number of hydrogen-bond acceptors (Lipinski definition) is 3. The quantitative estimate of drug-likeness (QED) is 0.526. The van der Waals surface area contributed by atoms with Crippen molar-refractivity contribution in [1.82, 2.24) is 4.90 Å². The topological polar surface area (TPSA) is 66.8 Å². The van der Waals surface area contributed by atoms with E-state index in [1.54, 1.807) is 24.3 Å². The van der Waals surface area contributed by atoms with Crippen LogP contribution in [0.4, 0.5) is 4.39 Å². The summed E-state index contributed by atoms with van der Waals surface area (Å²) in [6.07, 6.45) is 1.38. The van der Waals surface area contributed by atoms with Gasteiger partial charge in [0.25, 0.3) is 0 Å². The van der Waals surface area contributed by atoms with Gasteiger partial charge in [-0.1, -0.05) is 48.0 Å². The fourth-order valence-electron chi connectivity index (χ4n) is 4.93. The standard InChI is InChI=1S/C27H23ClFNO4/c28-18-8-9-24(34-15-25(31)32)23(13-18)26-20-7-2-1-4-16(20)10-11-30(26)27(33)22-14-21(22)17-5-3-6-19(29)12-17/h1-9,12-13,21-22,26H,10-11,14-15H2,(H,31,32)/t21-,22+,26?/m0/s1. The predicted molar refractivity (Wildman–Crippen MR) is 126 cm³/mol. The summed E-state index contributed by atoms with van der Waals surface area (Å²) in [6, 6.07) is 18.9. The molecule has 3 aromatic rings. The van der Waals surface area contributed by atoms with Gasteiger partial charge in [-0.3, -0.25) is 4.79 Å². The Kier molecular flexibility index (Phi) is 6.00. The highest BCUT2D eigenvalue weighted by Gasteiger charge is 2.48. The average molecular weight is 480 g/mol. The third-order valence-electron chi connectivity index (χ3n) is 6.57. The largest absolute Gasteiger partial charge is 0.482 e. The van der Waals surface area contributed by atoms with E-state index in [1.165, 1.54) is 12.1 Å². The van der Waals surface area contributed by atoms with Gasteiger partial charge in [0.2, 0.25) is 5.91 Å². The van der Waals surface area contributed by atoms with Crippen molar-refractivity contribution in [3.05, 3.63) is 99.8 Å². The van der Waals surface area contributed by atoms with Crippen LogP contribution in [0.1, 0.15) is 40.6 Å². The molecule has 1 saturated carbocycles. The Labute approximate surface area is 201 Å². The molecule has 174 valence electrons. The van der Waals surface area contributed by atoms with Crippen molar-refractivity contribution in [1.29, 1.82) is 0 Å². The molecule has 1 amide bonds. The summed E-state index contributed by atoms with van der Waals surface area (Å²) in [5.41, 5.74) is 3.57. The molecule has 0 bridgehead atoms. The van der Waals surface area contributed by atoms with Gasteiger partial charge in [0.05, 0.1) is 6.04 Å². The molecule has 34 heavy (non-hydrogen) atoms. The highest BCUT2D eigenvalue weighted by Crippen LogP contribution is 2.51. The van der Waals surface area contributed by atoms with Gasteiger partial charge in [0.15, 0.2) is 6.61 Å². The van der Waals surface area contributed by atoms with Crippen LogP contribution in [-0.4, -0.2) is 35.0 Å². The summed E-state index contributed by atoms with van der Waals surface area (Å²) in [4.78, 5) is 26.7. The van der Waals surface area contributed by atoms with Crippen LogP contribution >= 0.6 is 11.6 Å². The minimum absolute atomic E-state index is 0.00192. The van der Waals surface area contributed by atoms with Crippen LogP contribution in [0, 0.1) is 11.7 Å². The number of benzene rings is 3. The minimum atomic E-state index is -1.09. The Balaban J connectivity index is 1.52. The van der Waals surface area contributed by atoms with Gasteiger partial charge < -0.3 is 14.7 Å². The number of carboxylic acids is 1. The number of carboxylic acid groups (broad SMARTS) is 1. The van der Waals surface area contributed by atoms with Crippen LogP contribution in [-0.2, 0) is 16.0 Å². The fourth-order valence-corrected chi connectivity index (χ4v) is 5.11. The third kappa shape index (κ3) is 4.38. The molecule has 2 aliphatic rings. The first-order valence-corrected chi connectivity index (χ1v) is 11.6. The van der Waals surface area contributed by atoms with Gasteiger partial charge in [-0.25, -0.2) is 9.18 Å². The number of hydrogen-bond donors (Lipinski definition) is 1. The van der Waals surface area contributed by atoms with E-state index in [0.717, 1.165) is 16.7 Å². The average Bonchev–Trinajstić information content (AvgIpc) is 3.63. The van der Waals surface area contributed by atoms with Crippen molar-refractivity contribution in [3.63, 3.8) is 0 Å². The molecule has 0 radical (unpaired) electrons. The molecule has 0 aromatic heterocycles. The maximum atomic E-state index is 13.7. The molecule has 5 nitrogen and oxygen atoms in total. The van der Waals surface area contributed by atoms with Gasteiger partial charge in [0, 0.05) is 23.0 Å². The highest BCUT2D eigenvalue weighted by molar-refractivity contribution is 6.30. The molecule has 3 atom stereocenters. The van der Waals surface area contributed by atoms with E-state index in [-0.39, 0.29) is 23.6 Å². The first-order chi connectivity index (χ1) is 16.4. The van der Waals surface area contributed by atoms with Crippen molar-refractivity contribution < 1.29 is 23.8 Å². The number of aliphatic carboxylic acids is 1. The first-order valence-electron chi connectivity index (χ1n) is 11.2. The molecular weight excluding hydrogens is 457 g/mol. The summed E-state index contributed by atoms with van der Waals surface area (Å²) in [5.74, 6) is -1.25. The van der Waals surface area contributed by atoms with Gasteiger partial charge in [-0.05, 0) is 65.8 Å². The molecule has 7 heteroatoms. The maximum absolute atomic E-state index is 13.7. The first kappa shape index (κ1) is 22.4. The smallest absolute Gasteiger partial charge is 0.341 e. The summed E-state index contributed by atoms with van der Waals surface area (Å²) in [7, 11) is 0. The normalized spacial score (nSPS) is 21.0. The Morgan fingerprint density at radius 2 is 1.88 bits per heavy atom. The molecule has 3 aromatic carbocycles. The predicted octanol–water partition coefficient (Wildman–Crippen LogP) is 5.22. The van der Waals surface area contributed by atoms with Gasteiger partial charge in [-0.2, -0.15) is 0 Å². The van der Waals surface area contributed by atoms with Gasteiger partial charge in [-0.15, -0.1) is 0 Å². The fraction of sp³-hybridized carbons (Fsp3) is 0.259. The van der Waals surface area contributed by atoms with Crippen LogP contribution in [0.25, 0.3) is 0 Å². The molecule has 1 aliphatic carbocycles. The van der Waals surface area contributed by atoms with Gasteiger partial charge >= 0.3 is 5.97 Å². The minimum Gasteiger partial charge on any atom is -0.482 e. The molecule has 5 rings (SSSR count). The Morgan fingerprint density at radius 1 is 1.06 bits per heavy atom.